The third kappa shape index (κ3) is 5.34. The van der Waals surface area contributed by atoms with E-state index in [0.717, 1.165) is 18.9 Å². The second-order valence-corrected chi connectivity index (χ2v) is 5.16. The highest BCUT2D eigenvalue weighted by atomic mass is 16.6. The highest BCUT2D eigenvalue weighted by molar-refractivity contribution is 5.39. The first-order valence-corrected chi connectivity index (χ1v) is 6.14. The molecule has 1 rings (SSSR count). The van der Waals surface area contributed by atoms with Gasteiger partial charge in [-0.25, -0.2) is 0 Å². The third-order valence-electron chi connectivity index (χ3n) is 2.55. The van der Waals surface area contributed by atoms with Crippen LogP contribution in [0.5, 0.6) is 0 Å². The zero-order valence-electron chi connectivity index (χ0n) is 12.0. The van der Waals surface area contributed by atoms with Crippen LogP contribution in [0.2, 0.25) is 0 Å². The quantitative estimate of drug-likeness (QED) is 0.424. The molecule has 19 heavy (non-hydrogen) atoms. The molecule has 0 aromatic heterocycles. The molecule has 6 heteroatoms. The maximum absolute atomic E-state index is 11.0. The van der Waals surface area contributed by atoms with E-state index >= 15 is 0 Å². The molecule has 6 nitrogen and oxygen atoms in total. The van der Waals surface area contributed by atoms with Gasteiger partial charge in [0.1, 0.15) is 0 Å². The topological polar surface area (TPSA) is 52.9 Å². The van der Waals surface area contributed by atoms with Gasteiger partial charge < -0.3 is 0 Å². The van der Waals surface area contributed by atoms with Crippen LogP contribution in [0.15, 0.2) is 24.3 Å². The number of hydrogen-bond donors (Lipinski definition) is 0. The van der Waals surface area contributed by atoms with Gasteiger partial charge in [-0.1, -0.05) is 18.2 Å². The normalized spacial score (nSPS) is 11.5. The lowest BCUT2D eigenvalue weighted by atomic mass is 10.1. The molecule has 0 amide bonds. The maximum Gasteiger partial charge on any atom is 0.273 e. The monoisotopic (exact) mass is 266 g/mol. The van der Waals surface area contributed by atoms with Crippen LogP contribution in [-0.2, 0) is 6.54 Å². The Kier molecular flexibility index (Phi) is 5.88. The first-order valence-electron chi connectivity index (χ1n) is 6.14. The Morgan fingerprint density at radius 1 is 1.05 bits per heavy atom. The SMILES string of the molecule is CN(C)CN(Cc1ccccc1[N+](=O)[O-])CN(C)C. The smallest absolute Gasteiger partial charge is 0.273 e. The van der Waals surface area contributed by atoms with Crippen molar-refractivity contribution < 1.29 is 4.92 Å². The number of hydrogen-bond acceptors (Lipinski definition) is 5. The fraction of sp³-hybridized carbons (Fsp3) is 0.538. The number of nitrogens with zero attached hydrogens (tertiary/aromatic N) is 4. The Morgan fingerprint density at radius 3 is 2.05 bits per heavy atom. The molecule has 0 heterocycles. The second-order valence-electron chi connectivity index (χ2n) is 5.16. The summed E-state index contributed by atoms with van der Waals surface area (Å²) in [6.07, 6.45) is 0. The van der Waals surface area contributed by atoms with Crippen LogP contribution in [-0.4, -0.2) is 61.2 Å². The van der Waals surface area contributed by atoms with Crippen molar-refractivity contribution in [2.75, 3.05) is 41.5 Å². The fourth-order valence-corrected chi connectivity index (χ4v) is 2.01. The van der Waals surface area contributed by atoms with Gasteiger partial charge in [-0.15, -0.1) is 0 Å². The lowest BCUT2D eigenvalue weighted by Gasteiger charge is -2.28. The molecule has 0 spiro atoms. The molecule has 0 N–H and O–H groups in total. The molecule has 1 aromatic rings. The fourth-order valence-electron chi connectivity index (χ4n) is 2.01. The summed E-state index contributed by atoms with van der Waals surface area (Å²) in [4.78, 5) is 17.0. The lowest BCUT2D eigenvalue weighted by molar-refractivity contribution is -0.385. The second kappa shape index (κ2) is 7.18. The van der Waals surface area contributed by atoms with Gasteiger partial charge in [0.05, 0.1) is 18.3 Å². The van der Waals surface area contributed by atoms with Gasteiger partial charge in [0.2, 0.25) is 0 Å². The van der Waals surface area contributed by atoms with Gasteiger partial charge in [0.25, 0.3) is 5.69 Å². The van der Waals surface area contributed by atoms with Crippen LogP contribution in [0, 0.1) is 10.1 Å². The minimum atomic E-state index is -0.321. The average Bonchev–Trinajstić information content (AvgIpc) is 2.27. The molecular formula is C13H22N4O2. The molecule has 0 unspecified atom stereocenters. The average molecular weight is 266 g/mol. The molecule has 106 valence electrons. The third-order valence-corrected chi connectivity index (χ3v) is 2.55. The van der Waals surface area contributed by atoms with Crippen molar-refractivity contribution in [3.05, 3.63) is 39.9 Å². The largest absolute Gasteiger partial charge is 0.297 e. The van der Waals surface area contributed by atoms with E-state index in [9.17, 15) is 10.1 Å². The summed E-state index contributed by atoms with van der Waals surface area (Å²) in [5, 5.41) is 11.0. The summed E-state index contributed by atoms with van der Waals surface area (Å²) < 4.78 is 0. The number of benzene rings is 1. The van der Waals surface area contributed by atoms with E-state index < -0.39 is 0 Å². The van der Waals surface area contributed by atoms with Gasteiger partial charge in [0.15, 0.2) is 0 Å². The zero-order chi connectivity index (χ0) is 14.4. The first kappa shape index (κ1) is 15.6. The standard InChI is InChI=1S/C13H22N4O2/c1-14(2)10-16(11-15(3)4)9-12-7-5-6-8-13(12)17(18)19/h5-8H,9-11H2,1-4H3. The van der Waals surface area contributed by atoms with E-state index in [1.165, 1.54) is 0 Å². The van der Waals surface area contributed by atoms with Gasteiger partial charge in [-0.3, -0.25) is 24.8 Å². The summed E-state index contributed by atoms with van der Waals surface area (Å²) in [6.45, 7) is 2.07. The Balaban J connectivity index is 2.86. The minimum absolute atomic E-state index is 0.185. The summed E-state index contributed by atoms with van der Waals surface area (Å²) >= 11 is 0. The van der Waals surface area contributed by atoms with Crippen LogP contribution in [0.1, 0.15) is 5.56 Å². The number of nitro groups is 1. The molecule has 0 aliphatic heterocycles. The molecule has 0 bridgehead atoms. The van der Waals surface area contributed by atoms with E-state index in [1.807, 2.05) is 40.3 Å². The van der Waals surface area contributed by atoms with Crippen molar-refractivity contribution >= 4 is 5.69 Å². The van der Waals surface area contributed by atoms with Crippen LogP contribution in [0.25, 0.3) is 0 Å². The molecule has 0 radical (unpaired) electrons. The Hall–Kier alpha value is -1.50. The summed E-state index contributed by atoms with van der Waals surface area (Å²) in [7, 11) is 7.95. The van der Waals surface area contributed by atoms with Gasteiger partial charge in [-0.2, -0.15) is 0 Å². The minimum Gasteiger partial charge on any atom is -0.297 e. The molecule has 1 aromatic carbocycles. The van der Waals surface area contributed by atoms with E-state index in [0.29, 0.717) is 6.54 Å². The van der Waals surface area contributed by atoms with E-state index in [-0.39, 0.29) is 10.6 Å². The first-order chi connectivity index (χ1) is 8.90. The van der Waals surface area contributed by atoms with Gasteiger partial charge in [-0.05, 0) is 28.2 Å². The van der Waals surface area contributed by atoms with Gasteiger partial charge in [0, 0.05) is 18.2 Å². The van der Waals surface area contributed by atoms with Gasteiger partial charge >= 0.3 is 0 Å². The Bertz CT molecular complexity index is 411. The highest BCUT2D eigenvalue weighted by Gasteiger charge is 2.16. The van der Waals surface area contributed by atoms with Crippen molar-refractivity contribution in [3.8, 4) is 0 Å². The van der Waals surface area contributed by atoms with Crippen LogP contribution >= 0.6 is 0 Å². The van der Waals surface area contributed by atoms with Crippen molar-refractivity contribution in [1.82, 2.24) is 14.7 Å². The zero-order valence-corrected chi connectivity index (χ0v) is 12.0. The van der Waals surface area contributed by atoms with Crippen molar-refractivity contribution in [3.63, 3.8) is 0 Å². The van der Waals surface area contributed by atoms with E-state index in [1.54, 1.807) is 12.1 Å². The highest BCUT2D eigenvalue weighted by Crippen LogP contribution is 2.19. The Morgan fingerprint density at radius 2 is 1.58 bits per heavy atom. The van der Waals surface area contributed by atoms with E-state index in [2.05, 4.69) is 14.7 Å². The Labute approximate surface area is 114 Å². The van der Waals surface area contributed by atoms with Crippen LogP contribution in [0.3, 0.4) is 0 Å². The maximum atomic E-state index is 11.0. The number of para-hydroxylation sites is 1. The molecule has 0 atom stereocenters. The molecule has 0 aliphatic carbocycles. The molecule has 0 fully saturated rings. The summed E-state index contributed by atoms with van der Waals surface area (Å²) in [5.74, 6) is 0. The van der Waals surface area contributed by atoms with Crippen molar-refractivity contribution in [2.24, 2.45) is 0 Å². The molecule has 0 saturated carbocycles. The number of rotatable bonds is 7. The molecule has 0 saturated heterocycles. The van der Waals surface area contributed by atoms with Crippen molar-refractivity contribution in [1.29, 1.82) is 0 Å². The van der Waals surface area contributed by atoms with E-state index in [4.69, 9.17) is 0 Å². The van der Waals surface area contributed by atoms with Crippen LogP contribution in [0.4, 0.5) is 5.69 Å². The summed E-state index contributed by atoms with van der Waals surface area (Å²) in [6, 6.07) is 6.91. The predicted octanol–water partition coefficient (Wildman–Crippen LogP) is 1.43. The molecular weight excluding hydrogens is 244 g/mol. The predicted molar refractivity (Wildman–Crippen MR) is 75.7 cm³/mol. The molecule has 0 aliphatic rings. The van der Waals surface area contributed by atoms with Crippen molar-refractivity contribution in [2.45, 2.75) is 6.54 Å². The number of nitro benzene ring substituents is 1. The van der Waals surface area contributed by atoms with Crippen LogP contribution < -0.4 is 0 Å². The summed E-state index contributed by atoms with van der Waals surface area (Å²) in [5.41, 5.74) is 0.932. The lowest BCUT2D eigenvalue weighted by Crippen LogP contribution is -2.39.